The molecule has 1 unspecified atom stereocenters. The minimum Gasteiger partial charge on any atom is -0.494 e. The molecule has 10 heteroatoms. The maximum Gasteiger partial charge on any atom is 0.289 e. The SMILES string of the molecule is CCCCc1nc(=O)c(C(=O)N2CCC(c3ncc(Cl)cc3F)C2)c(O)n1[C@@H](C)c1cccc(C#N)c1. The Morgan fingerprint density at radius 3 is 2.86 bits per heavy atom. The Morgan fingerprint density at radius 2 is 2.16 bits per heavy atom. The van der Waals surface area contributed by atoms with Gasteiger partial charge in [0.25, 0.3) is 11.5 Å². The lowest BCUT2D eigenvalue weighted by Gasteiger charge is -2.24. The van der Waals surface area contributed by atoms with Crippen LogP contribution in [0.4, 0.5) is 4.39 Å². The number of benzene rings is 1. The lowest BCUT2D eigenvalue weighted by Crippen LogP contribution is -2.35. The Balaban J connectivity index is 1.71. The van der Waals surface area contributed by atoms with Crippen LogP contribution in [0.5, 0.6) is 5.88 Å². The van der Waals surface area contributed by atoms with Gasteiger partial charge in [0, 0.05) is 31.6 Å². The molecule has 192 valence electrons. The van der Waals surface area contributed by atoms with Gasteiger partial charge >= 0.3 is 0 Å². The molecule has 3 heterocycles. The highest BCUT2D eigenvalue weighted by Gasteiger charge is 2.34. The third-order valence-corrected chi connectivity index (χ3v) is 6.93. The average Bonchev–Trinajstić information content (AvgIpc) is 3.37. The van der Waals surface area contributed by atoms with Crippen molar-refractivity contribution in [1.29, 1.82) is 5.26 Å². The van der Waals surface area contributed by atoms with E-state index in [1.807, 2.05) is 19.9 Å². The molecule has 4 rings (SSSR count). The van der Waals surface area contributed by atoms with Crippen molar-refractivity contribution < 1.29 is 14.3 Å². The predicted octanol–water partition coefficient (Wildman–Crippen LogP) is 4.59. The number of nitrogens with zero attached hydrogens (tertiary/aromatic N) is 5. The number of aryl methyl sites for hydroxylation is 1. The van der Waals surface area contributed by atoms with Gasteiger partial charge in [0.1, 0.15) is 11.6 Å². The third kappa shape index (κ3) is 5.35. The molecule has 1 aliphatic rings. The Bertz CT molecular complexity index is 1430. The van der Waals surface area contributed by atoms with Crippen molar-refractivity contribution in [3.8, 4) is 11.9 Å². The second-order valence-corrected chi connectivity index (χ2v) is 9.61. The molecule has 3 aromatic rings. The van der Waals surface area contributed by atoms with Crippen LogP contribution in [0, 0.1) is 17.1 Å². The number of amides is 1. The topological polar surface area (TPSA) is 112 Å². The molecule has 0 radical (unpaired) electrons. The molecule has 1 aliphatic heterocycles. The van der Waals surface area contributed by atoms with E-state index in [9.17, 15) is 24.3 Å². The quantitative estimate of drug-likeness (QED) is 0.484. The van der Waals surface area contributed by atoms with E-state index in [1.54, 1.807) is 18.2 Å². The van der Waals surface area contributed by atoms with Crippen molar-refractivity contribution in [3.05, 3.63) is 85.9 Å². The number of carbonyl (C=O) groups is 1. The molecule has 0 aliphatic carbocycles. The number of rotatable bonds is 7. The van der Waals surface area contributed by atoms with E-state index >= 15 is 0 Å². The molecule has 1 fully saturated rings. The predicted molar refractivity (Wildman–Crippen MR) is 136 cm³/mol. The first-order valence-corrected chi connectivity index (χ1v) is 12.6. The molecule has 2 aromatic heterocycles. The van der Waals surface area contributed by atoms with E-state index in [0.717, 1.165) is 18.4 Å². The largest absolute Gasteiger partial charge is 0.494 e. The second-order valence-electron chi connectivity index (χ2n) is 9.18. The standard InChI is InChI=1S/C27H27ClFN5O3/c1-3-4-8-22-32-25(35)23(27(37)34(22)16(2)18-7-5-6-17(11-18)13-30)26(36)33-10-9-19(15-33)24-21(29)12-20(28)14-31-24/h5-7,11-12,14,16,19,37H,3-4,8-10,15H2,1-2H3/t16-,19?/m0/s1. The highest BCUT2D eigenvalue weighted by Crippen LogP contribution is 2.32. The van der Waals surface area contributed by atoms with Crippen molar-refractivity contribution in [2.75, 3.05) is 13.1 Å². The summed E-state index contributed by atoms with van der Waals surface area (Å²) in [5, 5.41) is 20.8. The van der Waals surface area contributed by atoms with Gasteiger partial charge in [-0.25, -0.2) is 4.39 Å². The van der Waals surface area contributed by atoms with Crippen LogP contribution >= 0.6 is 11.6 Å². The number of likely N-dealkylation sites (tertiary alicyclic amines) is 1. The summed E-state index contributed by atoms with van der Waals surface area (Å²) in [6.45, 7) is 4.22. The van der Waals surface area contributed by atoms with E-state index in [0.29, 0.717) is 24.2 Å². The molecule has 37 heavy (non-hydrogen) atoms. The minimum atomic E-state index is -0.804. The zero-order valence-corrected chi connectivity index (χ0v) is 21.4. The summed E-state index contributed by atoms with van der Waals surface area (Å²) in [7, 11) is 0. The first-order chi connectivity index (χ1) is 17.7. The monoisotopic (exact) mass is 523 g/mol. The number of aromatic nitrogens is 3. The van der Waals surface area contributed by atoms with Gasteiger partial charge in [0.2, 0.25) is 5.88 Å². The number of hydrogen-bond acceptors (Lipinski definition) is 6. The number of unbranched alkanes of at least 4 members (excludes halogenated alkanes) is 1. The van der Waals surface area contributed by atoms with Crippen LogP contribution in [0.25, 0.3) is 0 Å². The van der Waals surface area contributed by atoms with Gasteiger partial charge in [0.05, 0.1) is 28.4 Å². The smallest absolute Gasteiger partial charge is 0.289 e. The summed E-state index contributed by atoms with van der Waals surface area (Å²) in [6, 6.07) is 9.71. The molecule has 0 spiro atoms. The van der Waals surface area contributed by atoms with Crippen LogP contribution in [-0.2, 0) is 6.42 Å². The lowest BCUT2D eigenvalue weighted by atomic mass is 10.0. The number of aromatic hydroxyl groups is 1. The number of hydrogen-bond donors (Lipinski definition) is 1. The van der Waals surface area contributed by atoms with Crippen molar-refractivity contribution in [1.82, 2.24) is 19.4 Å². The average molecular weight is 524 g/mol. The van der Waals surface area contributed by atoms with Crippen LogP contribution < -0.4 is 5.56 Å². The van der Waals surface area contributed by atoms with Crippen LogP contribution in [0.2, 0.25) is 5.02 Å². The summed E-state index contributed by atoms with van der Waals surface area (Å²) in [6.07, 6.45) is 3.82. The van der Waals surface area contributed by atoms with Gasteiger partial charge in [-0.3, -0.25) is 19.1 Å². The van der Waals surface area contributed by atoms with Gasteiger partial charge in [-0.05, 0) is 43.5 Å². The van der Waals surface area contributed by atoms with E-state index in [-0.39, 0.29) is 29.7 Å². The Kier molecular flexibility index (Phi) is 7.89. The summed E-state index contributed by atoms with van der Waals surface area (Å²) in [5.41, 5.74) is 0.160. The van der Waals surface area contributed by atoms with Gasteiger partial charge in [-0.15, -0.1) is 0 Å². The highest BCUT2D eigenvalue weighted by molar-refractivity contribution is 6.30. The summed E-state index contributed by atoms with van der Waals surface area (Å²) in [4.78, 5) is 36.2. The molecule has 1 amide bonds. The highest BCUT2D eigenvalue weighted by atomic mass is 35.5. The zero-order chi connectivity index (χ0) is 26.7. The lowest BCUT2D eigenvalue weighted by molar-refractivity contribution is 0.0783. The molecule has 1 N–H and O–H groups in total. The van der Waals surface area contributed by atoms with Crippen molar-refractivity contribution in [2.45, 2.75) is 51.5 Å². The van der Waals surface area contributed by atoms with Gasteiger partial charge < -0.3 is 10.0 Å². The maximum absolute atomic E-state index is 14.4. The number of pyridine rings is 1. The van der Waals surface area contributed by atoms with Gasteiger partial charge in [-0.1, -0.05) is 37.1 Å². The second kappa shape index (κ2) is 11.1. The van der Waals surface area contributed by atoms with E-state index < -0.39 is 34.8 Å². The van der Waals surface area contributed by atoms with Crippen molar-refractivity contribution in [2.24, 2.45) is 0 Å². The molecular formula is C27H27ClFN5O3. The fourth-order valence-corrected chi connectivity index (χ4v) is 4.88. The minimum absolute atomic E-state index is 0.140. The molecule has 1 aromatic carbocycles. The van der Waals surface area contributed by atoms with Gasteiger partial charge in [-0.2, -0.15) is 10.2 Å². The Morgan fingerprint density at radius 1 is 1.38 bits per heavy atom. The molecular weight excluding hydrogens is 497 g/mol. The van der Waals surface area contributed by atoms with Crippen LogP contribution in [0.3, 0.4) is 0 Å². The van der Waals surface area contributed by atoms with E-state index in [4.69, 9.17) is 11.6 Å². The molecule has 0 bridgehead atoms. The van der Waals surface area contributed by atoms with Crippen LogP contribution in [0.1, 0.15) is 78.1 Å². The van der Waals surface area contributed by atoms with E-state index in [1.165, 1.54) is 21.7 Å². The van der Waals surface area contributed by atoms with Crippen LogP contribution in [0.15, 0.2) is 41.3 Å². The Hall–Kier alpha value is -3.77. The summed E-state index contributed by atoms with van der Waals surface area (Å²) < 4.78 is 15.9. The van der Waals surface area contributed by atoms with Crippen molar-refractivity contribution in [3.63, 3.8) is 0 Å². The van der Waals surface area contributed by atoms with Crippen LogP contribution in [-0.4, -0.2) is 43.5 Å². The third-order valence-electron chi connectivity index (χ3n) is 6.73. The van der Waals surface area contributed by atoms with Gasteiger partial charge in [0.15, 0.2) is 5.56 Å². The first-order valence-electron chi connectivity index (χ1n) is 12.2. The summed E-state index contributed by atoms with van der Waals surface area (Å²) in [5.74, 6) is -1.68. The fourth-order valence-electron chi connectivity index (χ4n) is 4.74. The number of halogens is 2. The summed E-state index contributed by atoms with van der Waals surface area (Å²) >= 11 is 5.81. The Labute approximate surface area is 219 Å². The fraction of sp³-hybridized carbons (Fsp3) is 0.370. The number of nitriles is 1. The number of carbonyl (C=O) groups excluding carboxylic acids is 1. The zero-order valence-electron chi connectivity index (χ0n) is 20.6. The molecule has 2 atom stereocenters. The van der Waals surface area contributed by atoms with Crippen molar-refractivity contribution >= 4 is 17.5 Å². The molecule has 8 nitrogen and oxygen atoms in total. The molecule has 0 saturated carbocycles. The normalized spacial score (nSPS) is 16.0. The first kappa shape index (κ1) is 26.3. The maximum atomic E-state index is 14.4. The molecule has 1 saturated heterocycles. The van der Waals surface area contributed by atoms with E-state index in [2.05, 4.69) is 16.0 Å².